The topological polar surface area (TPSA) is 83.4 Å². The number of hydrogen-bond donors (Lipinski definition) is 1. The maximum Gasteiger partial charge on any atom is 0.228 e. The monoisotopic (exact) mass is 255 g/mol. The van der Waals surface area contributed by atoms with Gasteiger partial charge in [0, 0.05) is 45.6 Å². The molecule has 1 saturated heterocycles. The van der Waals surface area contributed by atoms with Gasteiger partial charge in [-0.2, -0.15) is 4.98 Å². The van der Waals surface area contributed by atoms with Crippen molar-refractivity contribution in [3.8, 4) is 0 Å². The van der Waals surface area contributed by atoms with Crippen molar-refractivity contribution in [2.75, 3.05) is 20.3 Å². The van der Waals surface area contributed by atoms with Crippen LogP contribution >= 0.6 is 0 Å². The van der Waals surface area contributed by atoms with Crippen molar-refractivity contribution < 1.29 is 14.0 Å². The summed E-state index contributed by atoms with van der Waals surface area (Å²) in [6, 6.07) is 0.0616. The molecule has 18 heavy (non-hydrogen) atoms. The van der Waals surface area contributed by atoms with Crippen molar-refractivity contribution in [2.45, 2.75) is 44.2 Å². The molecule has 0 aromatic carbocycles. The van der Waals surface area contributed by atoms with Crippen molar-refractivity contribution in [2.24, 2.45) is 5.73 Å². The quantitative estimate of drug-likeness (QED) is 0.845. The van der Waals surface area contributed by atoms with Gasteiger partial charge in [-0.25, -0.2) is 0 Å². The highest BCUT2D eigenvalue weighted by Gasteiger charge is 2.39. The summed E-state index contributed by atoms with van der Waals surface area (Å²) in [6.45, 7) is 3.36. The van der Waals surface area contributed by atoms with E-state index in [9.17, 15) is 0 Å². The van der Waals surface area contributed by atoms with Crippen LogP contribution in [0.15, 0.2) is 4.52 Å². The third-order valence-electron chi connectivity index (χ3n) is 3.53. The van der Waals surface area contributed by atoms with Gasteiger partial charge in [-0.15, -0.1) is 0 Å². The van der Waals surface area contributed by atoms with Crippen LogP contribution in [0.1, 0.15) is 37.9 Å². The first-order valence-corrected chi connectivity index (χ1v) is 6.41. The van der Waals surface area contributed by atoms with E-state index in [-0.39, 0.29) is 6.04 Å². The number of aromatic nitrogens is 2. The molecule has 6 nitrogen and oxygen atoms in total. The summed E-state index contributed by atoms with van der Waals surface area (Å²) in [5.41, 5.74) is 5.42. The second kappa shape index (κ2) is 5.77. The average Bonchev–Trinajstić information content (AvgIpc) is 2.88. The van der Waals surface area contributed by atoms with Gasteiger partial charge in [0.1, 0.15) is 5.60 Å². The lowest BCUT2D eigenvalue weighted by atomic mass is 9.93. The second-order valence-corrected chi connectivity index (χ2v) is 4.69. The first kappa shape index (κ1) is 13.5. The van der Waals surface area contributed by atoms with E-state index in [1.165, 1.54) is 0 Å². The summed E-state index contributed by atoms with van der Waals surface area (Å²) in [6.07, 6.45) is 3.01. The second-order valence-electron chi connectivity index (χ2n) is 4.69. The Bertz CT molecular complexity index is 374. The fourth-order valence-corrected chi connectivity index (χ4v) is 2.11. The molecule has 0 saturated carbocycles. The van der Waals surface area contributed by atoms with E-state index >= 15 is 0 Å². The molecule has 2 rings (SSSR count). The maximum absolute atomic E-state index is 5.88. The fourth-order valence-electron chi connectivity index (χ4n) is 2.11. The highest BCUT2D eigenvalue weighted by molar-refractivity contribution is 5.03. The van der Waals surface area contributed by atoms with Gasteiger partial charge in [0.05, 0.1) is 0 Å². The van der Waals surface area contributed by atoms with E-state index in [4.69, 9.17) is 19.7 Å². The summed E-state index contributed by atoms with van der Waals surface area (Å²) in [5, 5.41) is 4.05. The van der Waals surface area contributed by atoms with Gasteiger partial charge in [-0.1, -0.05) is 12.1 Å². The molecular weight excluding hydrogens is 234 g/mol. The van der Waals surface area contributed by atoms with Crippen molar-refractivity contribution in [1.82, 2.24) is 10.1 Å². The van der Waals surface area contributed by atoms with Gasteiger partial charge in [0.2, 0.25) is 11.7 Å². The molecule has 2 N–H and O–H groups in total. The minimum Gasteiger partial charge on any atom is -0.381 e. The molecule has 0 spiro atoms. The maximum atomic E-state index is 5.88. The van der Waals surface area contributed by atoms with Gasteiger partial charge in [-0.05, 0) is 6.42 Å². The zero-order chi connectivity index (χ0) is 13.0. The number of methoxy groups -OCH3 is 1. The van der Waals surface area contributed by atoms with E-state index in [1.54, 1.807) is 7.11 Å². The standard InChI is InChI=1S/C12H21N3O3/c1-3-9(13)8-10-14-11(15-18-10)12(16-2)4-6-17-7-5-12/h9H,3-8,13H2,1-2H3. The Labute approximate surface area is 107 Å². The first-order valence-electron chi connectivity index (χ1n) is 6.41. The number of hydrogen-bond acceptors (Lipinski definition) is 6. The van der Waals surface area contributed by atoms with E-state index < -0.39 is 5.60 Å². The lowest BCUT2D eigenvalue weighted by Crippen LogP contribution is -2.36. The number of rotatable bonds is 5. The van der Waals surface area contributed by atoms with E-state index in [0.717, 1.165) is 19.3 Å². The summed E-state index contributed by atoms with van der Waals surface area (Å²) in [7, 11) is 1.68. The van der Waals surface area contributed by atoms with Gasteiger partial charge < -0.3 is 19.7 Å². The van der Waals surface area contributed by atoms with Crippen LogP contribution in [0.5, 0.6) is 0 Å². The predicted molar refractivity (Wildman–Crippen MR) is 65.0 cm³/mol. The van der Waals surface area contributed by atoms with Crippen molar-refractivity contribution in [3.63, 3.8) is 0 Å². The highest BCUT2D eigenvalue weighted by Crippen LogP contribution is 2.33. The average molecular weight is 255 g/mol. The Kier molecular flexibility index (Phi) is 4.31. The van der Waals surface area contributed by atoms with E-state index in [2.05, 4.69) is 10.1 Å². The van der Waals surface area contributed by atoms with Crippen molar-refractivity contribution >= 4 is 0 Å². The lowest BCUT2D eigenvalue weighted by Gasteiger charge is -2.32. The molecule has 1 aromatic heterocycles. The minimum atomic E-state index is -0.462. The van der Waals surface area contributed by atoms with Crippen LogP contribution in [0.4, 0.5) is 0 Å². The summed E-state index contributed by atoms with van der Waals surface area (Å²) in [4.78, 5) is 4.43. The van der Waals surface area contributed by atoms with Crippen LogP contribution in [0.2, 0.25) is 0 Å². The molecule has 2 heterocycles. The molecule has 1 atom stereocenters. The summed E-state index contributed by atoms with van der Waals surface area (Å²) >= 11 is 0. The lowest BCUT2D eigenvalue weighted by molar-refractivity contribution is -0.101. The predicted octanol–water partition coefficient (Wildman–Crippen LogP) is 1.00. The van der Waals surface area contributed by atoms with Crippen LogP contribution in [-0.4, -0.2) is 36.5 Å². The Balaban J connectivity index is 2.12. The zero-order valence-electron chi connectivity index (χ0n) is 11.0. The van der Waals surface area contributed by atoms with Crippen LogP contribution in [0.25, 0.3) is 0 Å². The largest absolute Gasteiger partial charge is 0.381 e. The van der Waals surface area contributed by atoms with Gasteiger partial charge in [0.15, 0.2) is 0 Å². The number of ether oxygens (including phenoxy) is 2. The highest BCUT2D eigenvalue weighted by atomic mass is 16.5. The third kappa shape index (κ3) is 2.71. The zero-order valence-corrected chi connectivity index (χ0v) is 11.0. The Morgan fingerprint density at radius 3 is 2.78 bits per heavy atom. The minimum absolute atomic E-state index is 0.0616. The summed E-state index contributed by atoms with van der Waals surface area (Å²) < 4.78 is 16.2. The third-order valence-corrected chi connectivity index (χ3v) is 3.53. The SMILES string of the molecule is CCC(N)Cc1nc(C2(OC)CCOCC2)no1. The smallest absolute Gasteiger partial charge is 0.228 e. The number of nitrogens with two attached hydrogens (primary N) is 1. The van der Waals surface area contributed by atoms with Gasteiger partial charge in [-0.3, -0.25) is 0 Å². The molecule has 6 heteroatoms. The van der Waals surface area contributed by atoms with Crippen LogP contribution in [-0.2, 0) is 21.5 Å². The van der Waals surface area contributed by atoms with Gasteiger partial charge >= 0.3 is 0 Å². The molecule has 1 fully saturated rings. The van der Waals surface area contributed by atoms with Crippen molar-refractivity contribution in [1.29, 1.82) is 0 Å². The van der Waals surface area contributed by atoms with Crippen LogP contribution in [0, 0.1) is 0 Å². The Morgan fingerprint density at radius 1 is 1.44 bits per heavy atom. The molecule has 0 aliphatic carbocycles. The van der Waals surface area contributed by atoms with Crippen LogP contribution in [0.3, 0.4) is 0 Å². The first-order chi connectivity index (χ1) is 8.70. The molecule has 1 unspecified atom stereocenters. The molecule has 1 aliphatic rings. The summed E-state index contributed by atoms with van der Waals surface area (Å²) in [5.74, 6) is 1.20. The van der Waals surface area contributed by atoms with Crippen molar-refractivity contribution in [3.05, 3.63) is 11.7 Å². The molecule has 0 bridgehead atoms. The van der Waals surface area contributed by atoms with Gasteiger partial charge in [0.25, 0.3) is 0 Å². The molecule has 1 aliphatic heterocycles. The normalized spacial score (nSPS) is 20.8. The fraction of sp³-hybridized carbons (Fsp3) is 0.833. The van der Waals surface area contributed by atoms with E-state index in [1.807, 2.05) is 6.92 Å². The molecule has 102 valence electrons. The number of nitrogens with zero attached hydrogens (tertiary/aromatic N) is 2. The molecule has 0 amide bonds. The molecular formula is C12H21N3O3. The Hall–Kier alpha value is -0.980. The Morgan fingerprint density at radius 2 is 2.17 bits per heavy atom. The van der Waals surface area contributed by atoms with E-state index in [0.29, 0.717) is 31.3 Å². The molecule has 1 aromatic rings. The molecule has 0 radical (unpaired) electrons. The van der Waals surface area contributed by atoms with Crippen LogP contribution < -0.4 is 5.73 Å².